The number of ether oxygens (including phenoxy) is 2. The van der Waals surface area contributed by atoms with E-state index < -0.39 is 11.6 Å². The normalized spacial score (nSPS) is 11.1. The first kappa shape index (κ1) is 24.0. The van der Waals surface area contributed by atoms with Crippen LogP contribution in [0, 0.1) is 11.6 Å². The Hall–Kier alpha value is -4.12. The van der Waals surface area contributed by atoms with Crippen molar-refractivity contribution < 1.29 is 18.3 Å². The second-order valence-electron chi connectivity index (χ2n) is 8.02. The third-order valence-electron chi connectivity index (χ3n) is 5.29. The lowest BCUT2D eigenvalue weighted by Crippen LogP contribution is -2.16. The molecule has 2 heterocycles. The van der Waals surface area contributed by atoms with E-state index in [0.29, 0.717) is 17.7 Å². The fourth-order valence-corrected chi connectivity index (χ4v) is 3.49. The van der Waals surface area contributed by atoms with Crippen molar-refractivity contribution in [2.24, 2.45) is 0 Å². The van der Waals surface area contributed by atoms with Gasteiger partial charge in [-0.25, -0.2) is 9.37 Å². The van der Waals surface area contributed by atoms with Crippen LogP contribution in [-0.4, -0.2) is 64.4 Å². The van der Waals surface area contributed by atoms with Gasteiger partial charge in [0.25, 0.3) is 0 Å². The summed E-state index contributed by atoms with van der Waals surface area (Å²) in [6.07, 6.45) is 2.27. The SMILES string of the molecule is COc1cccc(-c2cnc(N)c(-c3nnnn3-c3ccc(OCCCN(C)C)c(F)c3F)c2)c1. The molecule has 0 saturated heterocycles. The molecule has 35 heavy (non-hydrogen) atoms. The first-order chi connectivity index (χ1) is 16.9. The maximum absolute atomic E-state index is 15.0. The number of pyridine rings is 1. The minimum atomic E-state index is -1.14. The van der Waals surface area contributed by atoms with Gasteiger partial charge in [0.2, 0.25) is 5.82 Å². The van der Waals surface area contributed by atoms with Crippen LogP contribution in [0.1, 0.15) is 6.42 Å². The maximum Gasteiger partial charge on any atom is 0.202 e. The van der Waals surface area contributed by atoms with Crippen LogP contribution in [-0.2, 0) is 0 Å². The highest BCUT2D eigenvalue weighted by Gasteiger charge is 2.22. The number of rotatable bonds is 9. The van der Waals surface area contributed by atoms with Gasteiger partial charge in [-0.05, 0) is 66.8 Å². The summed E-state index contributed by atoms with van der Waals surface area (Å²) in [4.78, 5) is 6.23. The molecular formula is C24H25F2N7O2. The summed E-state index contributed by atoms with van der Waals surface area (Å²) in [5.41, 5.74) is 7.82. The van der Waals surface area contributed by atoms with Crippen molar-refractivity contribution in [2.75, 3.05) is 40.1 Å². The Morgan fingerprint density at radius 1 is 1.06 bits per heavy atom. The van der Waals surface area contributed by atoms with E-state index in [4.69, 9.17) is 15.2 Å². The van der Waals surface area contributed by atoms with Gasteiger partial charge in [0.15, 0.2) is 17.4 Å². The molecular weight excluding hydrogens is 456 g/mol. The molecule has 0 spiro atoms. The van der Waals surface area contributed by atoms with E-state index in [0.717, 1.165) is 22.4 Å². The Bertz CT molecular complexity index is 1330. The van der Waals surface area contributed by atoms with Crippen LogP contribution < -0.4 is 15.2 Å². The van der Waals surface area contributed by atoms with Crippen LogP contribution in [0.5, 0.6) is 11.5 Å². The third-order valence-corrected chi connectivity index (χ3v) is 5.29. The van der Waals surface area contributed by atoms with E-state index >= 15 is 4.39 Å². The van der Waals surface area contributed by atoms with Gasteiger partial charge < -0.3 is 20.1 Å². The van der Waals surface area contributed by atoms with Gasteiger partial charge in [-0.2, -0.15) is 9.07 Å². The molecule has 2 N–H and O–H groups in total. The number of tetrazole rings is 1. The number of nitrogens with zero attached hydrogens (tertiary/aromatic N) is 6. The molecule has 182 valence electrons. The van der Waals surface area contributed by atoms with E-state index in [1.54, 1.807) is 19.4 Å². The number of aromatic nitrogens is 5. The highest BCUT2D eigenvalue weighted by Crippen LogP contribution is 2.32. The first-order valence-electron chi connectivity index (χ1n) is 10.8. The Kier molecular flexibility index (Phi) is 7.16. The molecule has 4 rings (SSSR count). The van der Waals surface area contributed by atoms with Crippen LogP contribution in [0.15, 0.2) is 48.7 Å². The predicted octanol–water partition coefficient (Wildman–Crippen LogP) is 3.59. The molecule has 9 nitrogen and oxygen atoms in total. The van der Waals surface area contributed by atoms with Gasteiger partial charge in [-0.1, -0.05) is 12.1 Å². The zero-order valence-electron chi connectivity index (χ0n) is 19.6. The molecule has 0 aliphatic rings. The molecule has 2 aromatic carbocycles. The third kappa shape index (κ3) is 5.19. The van der Waals surface area contributed by atoms with Crippen molar-refractivity contribution in [1.29, 1.82) is 0 Å². The summed E-state index contributed by atoms with van der Waals surface area (Å²) in [5, 5.41) is 11.5. The largest absolute Gasteiger partial charge is 0.497 e. The number of nitrogens with two attached hydrogens (primary N) is 1. The number of benzene rings is 2. The monoisotopic (exact) mass is 481 g/mol. The van der Waals surface area contributed by atoms with Crippen molar-refractivity contribution in [3.05, 3.63) is 60.3 Å². The molecule has 0 amide bonds. The number of methoxy groups -OCH3 is 1. The minimum Gasteiger partial charge on any atom is -0.497 e. The Labute approximate surface area is 201 Å². The molecule has 0 unspecified atom stereocenters. The second-order valence-corrected chi connectivity index (χ2v) is 8.02. The summed E-state index contributed by atoms with van der Waals surface area (Å²) in [5.74, 6) is -1.52. The standard InChI is InChI=1S/C24H25F2N7O2/c1-32(2)10-5-11-35-20-9-8-19(21(25)22(20)26)33-24(29-30-31-33)18-13-16(14-28-23(18)27)15-6-4-7-17(12-15)34-3/h4,6-9,12-14H,5,10-11H2,1-3H3,(H2,27,28). The van der Waals surface area contributed by atoms with Gasteiger partial charge in [-0.15, -0.1) is 5.10 Å². The van der Waals surface area contributed by atoms with Crippen LogP contribution >= 0.6 is 0 Å². The molecule has 0 radical (unpaired) electrons. The van der Waals surface area contributed by atoms with Gasteiger partial charge in [0, 0.05) is 18.3 Å². The average molecular weight is 482 g/mol. The van der Waals surface area contributed by atoms with E-state index in [-0.39, 0.29) is 29.7 Å². The van der Waals surface area contributed by atoms with E-state index in [9.17, 15) is 4.39 Å². The zero-order valence-corrected chi connectivity index (χ0v) is 19.6. The topological polar surface area (TPSA) is 104 Å². The summed E-state index contributed by atoms with van der Waals surface area (Å²) in [7, 11) is 5.43. The van der Waals surface area contributed by atoms with Gasteiger partial charge in [0.1, 0.15) is 17.3 Å². The van der Waals surface area contributed by atoms with E-state index in [2.05, 4.69) is 20.5 Å². The van der Waals surface area contributed by atoms with E-state index in [1.807, 2.05) is 43.3 Å². The quantitative estimate of drug-likeness (QED) is 0.362. The molecule has 0 atom stereocenters. The summed E-state index contributed by atoms with van der Waals surface area (Å²) in [6.45, 7) is 1.02. The lowest BCUT2D eigenvalue weighted by atomic mass is 10.0. The minimum absolute atomic E-state index is 0.109. The molecule has 2 aromatic heterocycles. The summed E-state index contributed by atoms with van der Waals surface area (Å²) >= 11 is 0. The lowest BCUT2D eigenvalue weighted by Gasteiger charge is -2.13. The van der Waals surface area contributed by atoms with Crippen LogP contribution in [0.3, 0.4) is 0 Å². The smallest absolute Gasteiger partial charge is 0.202 e. The van der Waals surface area contributed by atoms with Crippen LogP contribution in [0.4, 0.5) is 14.6 Å². The Morgan fingerprint density at radius 3 is 2.66 bits per heavy atom. The zero-order chi connectivity index (χ0) is 24.9. The van der Waals surface area contributed by atoms with Gasteiger partial charge >= 0.3 is 0 Å². The second kappa shape index (κ2) is 10.4. The van der Waals surface area contributed by atoms with Crippen molar-refractivity contribution in [2.45, 2.75) is 6.42 Å². The van der Waals surface area contributed by atoms with Crippen LogP contribution in [0.25, 0.3) is 28.2 Å². The highest BCUT2D eigenvalue weighted by atomic mass is 19.2. The lowest BCUT2D eigenvalue weighted by molar-refractivity contribution is 0.267. The number of nitrogen functional groups attached to an aromatic ring is 1. The fourth-order valence-electron chi connectivity index (χ4n) is 3.49. The van der Waals surface area contributed by atoms with Crippen molar-refractivity contribution in [1.82, 2.24) is 30.1 Å². The summed E-state index contributed by atoms with van der Waals surface area (Å²) < 4.78 is 41.6. The number of hydrogen-bond donors (Lipinski definition) is 1. The average Bonchev–Trinajstić information content (AvgIpc) is 3.34. The molecule has 0 bridgehead atoms. The molecule has 0 saturated carbocycles. The first-order valence-corrected chi connectivity index (χ1v) is 10.8. The number of hydrogen-bond acceptors (Lipinski definition) is 8. The summed E-state index contributed by atoms with van der Waals surface area (Å²) in [6, 6.07) is 11.8. The number of halogens is 2. The highest BCUT2D eigenvalue weighted by molar-refractivity contribution is 5.77. The maximum atomic E-state index is 15.0. The van der Waals surface area contributed by atoms with Gasteiger partial charge in [-0.3, -0.25) is 0 Å². The molecule has 0 aliphatic heterocycles. The van der Waals surface area contributed by atoms with E-state index in [1.165, 1.54) is 12.1 Å². The number of anilines is 1. The fraction of sp³-hybridized carbons (Fsp3) is 0.250. The van der Waals surface area contributed by atoms with Crippen molar-refractivity contribution in [3.8, 4) is 39.7 Å². The molecule has 0 aliphatic carbocycles. The van der Waals surface area contributed by atoms with Crippen molar-refractivity contribution in [3.63, 3.8) is 0 Å². The molecule has 0 fully saturated rings. The predicted molar refractivity (Wildman–Crippen MR) is 127 cm³/mol. The Morgan fingerprint density at radius 2 is 1.89 bits per heavy atom. The Balaban J connectivity index is 1.67. The molecule has 4 aromatic rings. The van der Waals surface area contributed by atoms with Gasteiger partial charge in [0.05, 0.1) is 19.3 Å². The van der Waals surface area contributed by atoms with Crippen molar-refractivity contribution >= 4 is 5.82 Å². The van der Waals surface area contributed by atoms with Crippen LogP contribution in [0.2, 0.25) is 0 Å². The molecule has 11 heteroatoms.